The van der Waals surface area contributed by atoms with E-state index in [-0.39, 0.29) is 5.91 Å². The first-order valence-corrected chi connectivity index (χ1v) is 10.7. The highest BCUT2D eigenvalue weighted by Gasteiger charge is 2.21. The standard InChI is InChI=1S/C24H29N3O3/c1-17-6-5-13-26(15-17)16-20-11-9-19(10-12-20)14-25-23(28)18(2)27-21-7-3-4-8-22(21)30-24(27)29/h3-4,7-12,17-18H,5-6,13-16H2,1-2H3,(H,25,28). The number of piperidine rings is 1. The maximum Gasteiger partial charge on any atom is 0.420 e. The predicted octanol–water partition coefficient (Wildman–Crippen LogP) is 3.70. The van der Waals surface area contributed by atoms with Crippen molar-refractivity contribution < 1.29 is 9.21 Å². The maximum absolute atomic E-state index is 12.7. The summed E-state index contributed by atoms with van der Waals surface area (Å²) in [4.78, 5) is 27.4. The molecule has 6 heteroatoms. The molecular formula is C24H29N3O3. The molecule has 2 aromatic carbocycles. The van der Waals surface area contributed by atoms with Gasteiger partial charge in [0.05, 0.1) is 5.52 Å². The van der Waals surface area contributed by atoms with Gasteiger partial charge in [-0.05, 0) is 55.5 Å². The molecule has 0 aliphatic carbocycles. The Morgan fingerprint density at radius 3 is 2.67 bits per heavy atom. The summed E-state index contributed by atoms with van der Waals surface area (Å²) in [5, 5.41) is 2.93. The van der Waals surface area contributed by atoms with Crippen LogP contribution in [0.1, 0.15) is 43.9 Å². The third-order valence-corrected chi connectivity index (χ3v) is 5.92. The lowest BCUT2D eigenvalue weighted by Gasteiger charge is -2.30. The zero-order chi connectivity index (χ0) is 21.1. The van der Waals surface area contributed by atoms with Gasteiger partial charge in [-0.3, -0.25) is 14.3 Å². The molecule has 1 saturated heterocycles. The van der Waals surface area contributed by atoms with E-state index in [0.29, 0.717) is 17.6 Å². The number of fused-ring (bicyclic) bond motifs is 1. The third-order valence-electron chi connectivity index (χ3n) is 5.92. The zero-order valence-corrected chi connectivity index (χ0v) is 17.6. The molecule has 1 fully saturated rings. The molecule has 30 heavy (non-hydrogen) atoms. The van der Waals surface area contributed by atoms with Crippen LogP contribution in [0.25, 0.3) is 11.1 Å². The van der Waals surface area contributed by atoms with Crippen molar-refractivity contribution in [3.63, 3.8) is 0 Å². The molecule has 1 aliphatic heterocycles. The van der Waals surface area contributed by atoms with Crippen LogP contribution in [0.4, 0.5) is 0 Å². The second-order valence-corrected chi connectivity index (χ2v) is 8.40. The van der Waals surface area contributed by atoms with Crippen LogP contribution < -0.4 is 11.1 Å². The van der Waals surface area contributed by atoms with E-state index in [1.807, 2.05) is 6.07 Å². The topological polar surface area (TPSA) is 67.5 Å². The predicted molar refractivity (Wildman–Crippen MR) is 117 cm³/mol. The van der Waals surface area contributed by atoms with E-state index in [4.69, 9.17) is 4.42 Å². The molecule has 0 radical (unpaired) electrons. The second kappa shape index (κ2) is 8.88. The van der Waals surface area contributed by atoms with Gasteiger partial charge in [0.15, 0.2) is 5.58 Å². The van der Waals surface area contributed by atoms with Crippen molar-refractivity contribution in [1.82, 2.24) is 14.8 Å². The van der Waals surface area contributed by atoms with Gasteiger partial charge in [-0.25, -0.2) is 4.79 Å². The van der Waals surface area contributed by atoms with Gasteiger partial charge >= 0.3 is 5.76 Å². The summed E-state index contributed by atoms with van der Waals surface area (Å²) < 4.78 is 6.63. The van der Waals surface area contributed by atoms with Crippen LogP contribution in [0.5, 0.6) is 0 Å². The van der Waals surface area contributed by atoms with Gasteiger partial charge in [0, 0.05) is 19.6 Å². The number of hydrogen-bond acceptors (Lipinski definition) is 4. The van der Waals surface area contributed by atoms with E-state index >= 15 is 0 Å². The molecule has 158 valence electrons. The van der Waals surface area contributed by atoms with Crippen molar-refractivity contribution in [1.29, 1.82) is 0 Å². The summed E-state index contributed by atoms with van der Waals surface area (Å²) in [6.45, 7) is 7.76. The highest BCUT2D eigenvalue weighted by Crippen LogP contribution is 2.19. The van der Waals surface area contributed by atoms with Crippen LogP contribution >= 0.6 is 0 Å². The first-order chi connectivity index (χ1) is 14.5. The van der Waals surface area contributed by atoms with Crippen molar-refractivity contribution in [2.75, 3.05) is 13.1 Å². The molecule has 1 amide bonds. The Labute approximate surface area is 176 Å². The zero-order valence-electron chi connectivity index (χ0n) is 17.6. The molecule has 2 unspecified atom stereocenters. The average molecular weight is 408 g/mol. The first kappa shape index (κ1) is 20.4. The van der Waals surface area contributed by atoms with Crippen LogP contribution in [-0.2, 0) is 17.9 Å². The minimum Gasteiger partial charge on any atom is -0.408 e. The lowest BCUT2D eigenvalue weighted by atomic mass is 9.99. The summed E-state index contributed by atoms with van der Waals surface area (Å²) in [7, 11) is 0. The monoisotopic (exact) mass is 407 g/mol. The van der Waals surface area contributed by atoms with Crippen molar-refractivity contribution in [2.45, 2.75) is 45.8 Å². The van der Waals surface area contributed by atoms with E-state index in [1.165, 1.54) is 29.5 Å². The van der Waals surface area contributed by atoms with Crippen LogP contribution in [0, 0.1) is 5.92 Å². The van der Waals surface area contributed by atoms with E-state index in [2.05, 4.69) is 41.4 Å². The van der Waals surface area contributed by atoms with E-state index in [0.717, 1.165) is 24.6 Å². The van der Waals surface area contributed by atoms with Gasteiger partial charge in [-0.15, -0.1) is 0 Å². The quantitative estimate of drug-likeness (QED) is 0.677. The van der Waals surface area contributed by atoms with Crippen molar-refractivity contribution in [2.24, 2.45) is 5.92 Å². The second-order valence-electron chi connectivity index (χ2n) is 8.40. The van der Waals surface area contributed by atoms with Crippen LogP contribution in [0.2, 0.25) is 0 Å². The molecule has 3 aromatic rings. The van der Waals surface area contributed by atoms with Gasteiger partial charge in [0.1, 0.15) is 6.04 Å². The van der Waals surface area contributed by atoms with Gasteiger partial charge in [0.25, 0.3) is 0 Å². The van der Waals surface area contributed by atoms with Crippen LogP contribution in [0.3, 0.4) is 0 Å². The number of nitrogens with one attached hydrogen (secondary N) is 1. The number of rotatable bonds is 6. The number of hydrogen-bond donors (Lipinski definition) is 1. The Morgan fingerprint density at radius 1 is 1.17 bits per heavy atom. The normalized spacial score (nSPS) is 18.4. The minimum atomic E-state index is -0.651. The number of likely N-dealkylation sites (tertiary alicyclic amines) is 1. The average Bonchev–Trinajstić information content (AvgIpc) is 3.08. The summed E-state index contributed by atoms with van der Waals surface area (Å²) in [5.74, 6) is 0.0420. The summed E-state index contributed by atoms with van der Waals surface area (Å²) >= 11 is 0. The third kappa shape index (κ3) is 4.49. The molecule has 6 nitrogen and oxygen atoms in total. The molecule has 1 aromatic heterocycles. The first-order valence-electron chi connectivity index (χ1n) is 10.7. The van der Waals surface area contributed by atoms with Crippen molar-refractivity contribution in [3.8, 4) is 0 Å². The number of para-hydroxylation sites is 2. The lowest BCUT2D eigenvalue weighted by Crippen LogP contribution is -2.34. The molecule has 0 spiro atoms. The fraction of sp³-hybridized carbons (Fsp3) is 0.417. The molecule has 1 aliphatic rings. The lowest BCUT2D eigenvalue weighted by molar-refractivity contribution is -0.124. The van der Waals surface area contributed by atoms with Crippen molar-refractivity contribution >= 4 is 17.0 Å². The number of nitrogens with zero attached hydrogens (tertiary/aromatic N) is 2. The fourth-order valence-corrected chi connectivity index (χ4v) is 4.26. The highest BCUT2D eigenvalue weighted by molar-refractivity contribution is 5.82. The maximum atomic E-state index is 12.7. The molecule has 1 N–H and O–H groups in total. The Bertz CT molecular complexity index is 1070. The smallest absolute Gasteiger partial charge is 0.408 e. The Kier molecular flexibility index (Phi) is 6.04. The van der Waals surface area contributed by atoms with Gasteiger partial charge in [-0.2, -0.15) is 0 Å². The summed E-state index contributed by atoms with van der Waals surface area (Å²) in [6, 6.07) is 14.9. The Morgan fingerprint density at radius 2 is 1.90 bits per heavy atom. The Hall–Kier alpha value is -2.86. The molecule has 0 bridgehead atoms. The number of carbonyl (C=O) groups is 1. The van der Waals surface area contributed by atoms with Crippen LogP contribution in [0.15, 0.2) is 57.7 Å². The highest BCUT2D eigenvalue weighted by atomic mass is 16.4. The minimum absolute atomic E-state index is 0.213. The Balaban J connectivity index is 1.35. The van der Waals surface area contributed by atoms with Crippen molar-refractivity contribution in [3.05, 3.63) is 70.2 Å². The van der Waals surface area contributed by atoms with E-state index in [1.54, 1.807) is 25.1 Å². The fourth-order valence-electron chi connectivity index (χ4n) is 4.26. The number of amides is 1. The number of carbonyl (C=O) groups excluding carboxylic acids is 1. The number of aromatic nitrogens is 1. The SMILES string of the molecule is CC1CCCN(Cc2ccc(CNC(=O)C(C)n3c(=O)oc4ccccc43)cc2)C1. The molecular weight excluding hydrogens is 378 g/mol. The molecule has 2 atom stereocenters. The molecule has 0 saturated carbocycles. The number of benzene rings is 2. The van der Waals surface area contributed by atoms with E-state index in [9.17, 15) is 9.59 Å². The van der Waals surface area contributed by atoms with Crippen LogP contribution in [-0.4, -0.2) is 28.5 Å². The largest absolute Gasteiger partial charge is 0.420 e. The summed E-state index contributed by atoms with van der Waals surface area (Å²) in [6.07, 6.45) is 2.60. The number of oxazole rings is 1. The summed E-state index contributed by atoms with van der Waals surface area (Å²) in [5.41, 5.74) is 3.45. The molecule has 4 rings (SSSR count). The molecule has 2 heterocycles. The van der Waals surface area contributed by atoms with Gasteiger partial charge < -0.3 is 9.73 Å². The van der Waals surface area contributed by atoms with Gasteiger partial charge in [0.2, 0.25) is 5.91 Å². The van der Waals surface area contributed by atoms with Gasteiger partial charge in [-0.1, -0.05) is 43.3 Å². The van der Waals surface area contributed by atoms with E-state index < -0.39 is 11.8 Å².